The van der Waals surface area contributed by atoms with Crippen LogP contribution in [0.4, 0.5) is 0 Å². The van der Waals surface area contributed by atoms with Crippen LogP contribution in [0.5, 0.6) is 0 Å². The van der Waals surface area contributed by atoms with Gasteiger partial charge in [0.2, 0.25) is 0 Å². The lowest BCUT2D eigenvalue weighted by molar-refractivity contribution is 1.18. The number of benzene rings is 6. The second-order valence-electron chi connectivity index (χ2n) is 11.8. The van der Waals surface area contributed by atoms with E-state index in [0.29, 0.717) is 0 Å². The van der Waals surface area contributed by atoms with Gasteiger partial charge in [0, 0.05) is 43.8 Å². The summed E-state index contributed by atoms with van der Waals surface area (Å²) >= 11 is 1.74. The van der Waals surface area contributed by atoms with Crippen molar-refractivity contribution in [2.75, 3.05) is 0 Å². The Morgan fingerprint density at radius 1 is 0.489 bits per heavy atom. The zero-order chi connectivity index (χ0) is 29.2. The minimum absolute atomic E-state index is 0.995. The fourth-order valence-electron chi connectivity index (χ4n) is 7.51. The van der Waals surface area contributed by atoms with Crippen molar-refractivity contribution in [3.8, 4) is 11.4 Å². The highest BCUT2D eigenvalue weighted by Gasteiger charge is 2.19. The second kappa shape index (κ2) is 8.40. The molecule has 0 atom stereocenters. The van der Waals surface area contributed by atoms with Crippen LogP contribution in [0.25, 0.3) is 92.2 Å². The van der Waals surface area contributed by atoms with E-state index < -0.39 is 0 Å². The monoisotopic (exact) mass is 593 g/mol. The van der Waals surface area contributed by atoms with E-state index >= 15 is 0 Å². The van der Waals surface area contributed by atoms with Crippen molar-refractivity contribution in [3.05, 3.63) is 133 Å². The third-order valence-electron chi connectivity index (χ3n) is 9.42. The molecule has 0 radical (unpaired) electrons. The van der Waals surface area contributed by atoms with Crippen LogP contribution in [0.1, 0.15) is 0 Å². The molecule has 210 valence electrons. The van der Waals surface area contributed by atoms with Crippen LogP contribution in [0, 0.1) is 0 Å². The normalized spacial score (nSPS) is 12.4. The quantitative estimate of drug-likeness (QED) is 0.213. The lowest BCUT2D eigenvalue weighted by Crippen LogP contribution is -1.93. The third-order valence-corrected chi connectivity index (χ3v) is 10.4. The van der Waals surface area contributed by atoms with Crippen molar-refractivity contribution in [1.82, 2.24) is 23.5 Å². The molecule has 0 aliphatic carbocycles. The van der Waals surface area contributed by atoms with E-state index in [1.54, 1.807) is 11.3 Å². The zero-order valence-electron chi connectivity index (χ0n) is 23.9. The first-order valence-electron chi connectivity index (χ1n) is 15.2. The predicted octanol–water partition coefficient (Wildman–Crippen LogP) is 10.4. The topological polar surface area (TPSA) is 43.0 Å². The molecular weight excluding hydrogens is 571 g/mol. The Balaban J connectivity index is 1.12. The number of aromatic nitrogens is 5. The summed E-state index contributed by atoms with van der Waals surface area (Å²) in [7, 11) is 0. The van der Waals surface area contributed by atoms with Gasteiger partial charge >= 0.3 is 0 Å². The Kier molecular flexibility index (Phi) is 4.41. The molecule has 0 spiro atoms. The van der Waals surface area contributed by atoms with Crippen LogP contribution in [-0.4, -0.2) is 23.5 Å². The van der Waals surface area contributed by atoms with Crippen LogP contribution < -0.4 is 0 Å². The summed E-state index contributed by atoms with van der Waals surface area (Å²) in [5.74, 6) is 0. The maximum absolute atomic E-state index is 5.21. The Morgan fingerprint density at radius 2 is 1.00 bits per heavy atom. The van der Waals surface area contributed by atoms with E-state index in [-0.39, 0.29) is 0 Å². The van der Waals surface area contributed by atoms with Gasteiger partial charge in [0.25, 0.3) is 0 Å². The Labute approximate surface area is 259 Å². The average molecular weight is 594 g/mol. The van der Waals surface area contributed by atoms with Crippen molar-refractivity contribution in [2.24, 2.45) is 0 Å². The molecule has 0 aliphatic heterocycles. The highest BCUT2D eigenvalue weighted by atomic mass is 32.1. The van der Waals surface area contributed by atoms with Crippen LogP contribution >= 0.6 is 11.3 Å². The van der Waals surface area contributed by atoms with Crippen LogP contribution in [-0.2, 0) is 0 Å². The number of hydrogen-bond acceptors (Lipinski definition) is 2. The smallest absolute Gasteiger partial charge is 0.197 e. The standard InChI is InChI=1S/C39H23N5S/c1-5-13-31-25(9-1)26-10-2-6-14-32(26)42(31)23-17-19-30-29(21-23)37-38(40-30)44-35-20-18-24(22-36(35)45-39(44)41-37)43-33-15-7-3-11-27(33)28-12-4-8-16-34(28)43/h1-22,40H. The SMILES string of the molecule is c1ccc2c(c1)c1ccccc1n2-c1ccc2c(c1)sc1nc3c4cc(-n5c6ccccc6c6ccccc65)ccc4[nH]c3n12. The third kappa shape index (κ3) is 3.04. The molecule has 1 N–H and O–H groups in total. The zero-order valence-corrected chi connectivity index (χ0v) is 24.7. The molecule has 5 nitrogen and oxygen atoms in total. The molecular formula is C39H23N5S. The molecule has 0 amide bonds. The summed E-state index contributed by atoms with van der Waals surface area (Å²) in [6.45, 7) is 0. The number of para-hydroxylation sites is 4. The van der Waals surface area contributed by atoms with Crippen molar-refractivity contribution >= 4 is 92.2 Å². The molecule has 0 fully saturated rings. The average Bonchev–Trinajstić information content (AvgIpc) is 3.87. The number of rotatable bonds is 2. The van der Waals surface area contributed by atoms with E-state index in [1.807, 2.05) is 0 Å². The van der Waals surface area contributed by atoms with Crippen LogP contribution in [0.15, 0.2) is 133 Å². The van der Waals surface area contributed by atoms with Crippen molar-refractivity contribution in [1.29, 1.82) is 0 Å². The molecule has 45 heavy (non-hydrogen) atoms. The number of nitrogens with zero attached hydrogens (tertiary/aromatic N) is 4. The maximum Gasteiger partial charge on any atom is 0.197 e. The summed E-state index contributed by atoms with van der Waals surface area (Å²) < 4.78 is 8.24. The van der Waals surface area contributed by atoms with E-state index in [1.165, 1.54) is 48.3 Å². The Hall–Kier alpha value is -5.85. The number of H-pyrrole nitrogens is 1. The van der Waals surface area contributed by atoms with E-state index in [0.717, 1.165) is 43.9 Å². The van der Waals surface area contributed by atoms with Crippen molar-refractivity contribution < 1.29 is 0 Å². The van der Waals surface area contributed by atoms with Crippen LogP contribution in [0.3, 0.4) is 0 Å². The number of aromatic amines is 1. The van der Waals surface area contributed by atoms with Gasteiger partial charge in [-0.3, -0.25) is 4.40 Å². The minimum Gasteiger partial charge on any atom is -0.339 e. The van der Waals surface area contributed by atoms with Gasteiger partial charge in [0.05, 0.1) is 32.3 Å². The van der Waals surface area contributed by atoms with Gasteiger partial charge in [0.15, 0.2) is 4.96 Å². The van der Waals surface area contributed by atoms with Gasteiger partial charge in [0.1, 0.15) is 11.2 Å². The van der Waals surface area contributed by atoms with Gasteiger partial charge in [-0.2, -0.15) is 0 Å². The van der Waals surface area contributed by atoms with E-state index in [2.05, 4.69) is 152 Å². The second-order valence-corrected chi connectivity index (χ2v) is 12.8. The first kappa shape index (κ1) is 23.6. The summed E-state index contributed by atoms with van der Waals surface area (Å²) in [5.41, 5.74) is 11.5. The number of imidazole rings is 1. The minimum atomic E-state index is 0.995. The first-order chi connectivity index (χ1) is 22.3. The lowest BCUT2D eigenvalue weighted by atomic mass is 10.2. The molecule has 0 bridgehead atoms. The fourth-order valence-corrected chi connectivity index (χ4v) is 8.57. The predicted molar refractivity (Wildman–Crippen MR) is 189 cm³/mol. The lowest BCUT2D eigenvalue weighted by Gasteiger charge is -2.08. The van der Waals surface area contributed by atoms with Crippen molar-refractivity contribution in [3.63, 3.8) is 0 Å². The number of thiazole rings is 1. The highest BCUT2D eigenvalue weighted by Crippen LogP contribution is 2.38. The molecule has 0 unspecified atom stereocenters. The Morgan fingerprint density at radius 3 is 1.58 bits per heavy atom. The van der Waals surface area contributed by atoms with E-state index in [9.17, 15) is 0 Å². The first-order valence-corrected chi connectivity index (χ1v) is 16.0. The molecule has 5 aromatic heterocycles. The number of nitrogens with one attached hydrogen (secondary N) is 1. The molecule has 6 aromatic carbocycles. The van der Waals surface area contributed by atoms with Crippen LogP contribution in [0.2, 0.25) is 0 Å². The fraction of sp³-hybridized carbons (Fsp3) is 0. The molecule has 0 saturated carbocycles. The maximum atomic E-state index is 5.21. The molecule has 0 saturated heterocycles. The summed E-state index contributed by atoms with van der Waals surface area (Å²) in [6.07, 6.45) is 0. The van der Waals surface area contributed by atoms with Gasteiger partial charge in [-0.1, -0.05) is 84.1 Å². The summed E-state index contributed by atoms with van der Waals surface area (Å²) in [5, 5.41) is 6.21. The van der Waals surface area contributed by atoms with Gasteiger partial charge in [-0.15, -0.1) is 0 Å². The number of fused-ring (bicyclic) bond motifs is 13. The highest BCUT2D eigenvalue weighted by molar-refractivity contribution is 7.23. The molecule has 0 aliphatic rings. The van der Waals surface area contributed by atoms with Gasteiger partial charge in [-0.25, -0.2) is 4.98 Å². The molecule has 11 rings (SSSR count). The van der Waals surface area contributed by atoms with Gasteiger partial charge in [-0.05, 0) is 60.7 Å². The van der Waals surface area contributed by atoms with Crippen molar-refractivity contribution in [2.45, 2.75) is 0 Å². The number of hydrogen-bond donors (Lipinski definition) is 1. The summed E-state index contributed by atoms with van der Waals surface area (Å²) in [4.78, 5) is 9.92. The Bertz CT molecular complexity index is 2890. The van der Waals surface area contributed by atoms with Gasteiger partial charge < -0.3 is 14.1 Å². The largest absolute Gasteiger partial charge is 0.339 e. The molecule has 5 heterocycles. The molecule has 6 heteroatoms. The summed E-state index contributed by atoms with van der Waals surface area (Å²) in [6, 6.07) is 48.1. The molecule has 11 aromatic rings. The van der Waals surface area contributed by atoms with E-state index in [4.69, 9.17) is 4.98 Å².